The summed E-state index contributed by atoms with van der Waals surface area (Å²) < 4.78 is 2.37. The first-order valence-corrected chi connectivity index (χ1v) is 6.21. The lowest BCUT2D eigenvalue weighted by molar-refractivity contribution is 0.516. The zero-order valence-corrected chi connectivity index (χ0v) is 9.39. The van der Waals surface area contributed by atoms with Crippen LogP contribution >= 0.6 is 11.3 Å². The van der Waals surface area contributed by atoms with Gasteiger partial charge < -0.3 is 9.88 Å². The fraction of sp³-hybridized carbons (Fsp3) is 0.333. The summed E-state index contributed by atoms with van der Waals surface area (Å²) in [7, 11) is 0. The maximum atomic E-state index is 3.39. The number of nitrogens with one attached hydrogen (secondary N) is 1. The van der Waals surface area contributed by atoms with Crippen LogP contribution in [-0.2, 0) is 19.5 Å². The molecule has 0 aromatic carbocycles. The van der Waals surface area contributed by atoms with Gasteiger partial charge in [-0.1, -0.05) is 6.07 Å². The molecular formula is C12H14N2S. The van der Waals surface area contributed by atoms with Crippen molar-refractivity contribution in [2.45, 2.75) is 19.5 Å². The quantitative estimate of drug-likeness (QED) is 0.818. The monoisotopic (exact) mass is 218 g/mol. The minimum Gasteiger partial charge on any atom is -0.349 e. The Hall–Kier alpha value is -1.06. The van der Waals surface area contributed by atoms with Crippen LogP contribution < -0.4 is 5.32 Å². The molecule has 0 bridgehead atoms. The molecule has 0 saturated carbocycles. The van der Waals surface area contributed by atoms with E-state index in [0.717, 1.165) is 26.1 Å². The molecule has 0 amide bonds. The molecule has 2 nitrogen and oxygen atoms in total. The average Bonchev–Trinajstić information content (AvgIpc) is 2.86. The number of nitrogens with zero attached hydrogens (tertiary/aromatic N) is 1. The number of hydrogen-bond donors (Lipinski definition) is 1. The van der Waals surface area contributed by atoms with Gasteiger partial charge in [0, 0.05) is 42.8 Å². The third kappa shape index (κ3) is 1.85. The third-order valence-electron chi connectivity index (χ3n) is 2.84. The molecule has 0 fully saturated rings. The van der Waals surface area contributed by atoms with Crippen LogP contribution in [0, 0.1) is 0 Å². The number of fused-ring (bicyclic) bond motifs is 1. The highest BCUT2D eigenvalue weighted by Crippen LogP contribution is 2.18. The van der Waals surface area contributed by atoms with Crippen LogP contribution in [0.25, 0.3) is 0 Å². The largest absolute Gasteiger partial charge is 0.349 e. The van der Waals surface area contributed by atoms with Gasteiger partial charge in [-0.15, -0.1) is 11.3 Å². The normalized spacial score (nSPS) is 15.2. The zero-order valence-electron chi connectivity index (χ0n) is 8.57. The van der Waals surface area contributed by atoms with Crippen molar-refractivity contribution in [2.24, 2.45) is 0 Å². The maximum Gasteiger partial charge on any atom is 0.0360 e. The minimum atomic E-state index is 1.02. The lowest BCUT2D eigenvalue weighted by Gasteiger charge is -2.15. The summed E-state index contributed by atoms with van der Waals surface area (Å²) in [6.07, 6.45) is 3.38. The van der Waals surface area contributed by atoms with Crippen LogP contribution in [0.1, 0.15) is 16.1 Å². The van der Waals surface area contributed by atoms with E-state index in [9.17, 15) is 0 Å². The van der Waals surface area contributed by atoms with E-state index in [4.69, 9.17) is 0 Å². The van der Waals surface area contributed by atoms with Gasteiger partial charge in [-0.05, 0) is 23.1 Å². The van der Waals surface area contributed by atoms with Crippen molar-refractivity contribution >= 4 is 11.3 Å². The van der Waals surface area contributed by atoms with Gasteiger partial charge in [0.25, 0.3) is 0 Å². The van der Waals surface area contributed by atoms with Crippen molar-refractivity contribution in [1.82, 2.24) is 9.88 Å². The van der Waals surface area contributed by atoms with Crippen molar-refractivity contribution in [1.29, 1.82) is 0 Å². The van der Waals surface area contributed by atoms with Crippen LogP contribution in [0.4, 0.5) is 0 Å². The van der Waals surface area contributed by atoms with Gasteiger partial charge in [-0.25, -0.2) is 0 Å². The summed E-state index contributed by atoms with van der Waals surface area (Å²) in [5.74, 6) is 0. The van der Waals surface area contributed by atoms with Crippen molar-refractivity contribution < 1.29 is 0 Å². The smallest absolute Gasteiger partial charge is 0.0360 e. The van der Waals surface area contributed by atoms with Crippen LogP contribution in [0.15, 0.2) is 29.8 Å². The van der Waals surface area contributed by atoms with Gasteiger partial charge in [0.15, 0.2) is 0 Å². The second-order valence-corrected chi connectivity index (χ2v) is 5.00. The van der Waals surface area contributed by atoms with Gasteiger partial charge in [-0.2, -0.15) is 0 Å². The van der Waals surface area contributed by atoms with Crippen LogP contribution in [0.2, 0.25) is 0 Å². The number of rotatable bonds is 2. The number of thiophene rings is 1. The highest BCUT2D eigenvalue weighted by molar-refractivity contribution is 7.09. The molecule has 2 aromatic heterocycles. The molecule has 15 heavy (non-hydrogen) atoms. The Morgan fingerprint density at radius 2 is 2.47 bits per heavy atom. The molecule has 78 valence electrons. The van der Waals surface area contributed by atoms with E-state index in [-0.39, 0.29) is 0 Å². The molecule has 0 radical (unpaired) electrons. The summed E-state index contributed by atoms with van der Waals surface area (Å²) >= 11 is 1.84. The second-order valence-electron chi connectivity index (χ2n) is 3.97. The predicted octanol–water partition coefficient (Wildman–Crippen LogP) is 2.24. The summed E-state index contributed by atoms with van der Waals surface area (Å²) in [4.78, 5) is 1.45. The first kappa shape index (κ1) is 9.19. The lowest BCUT2D eigenvalue weighted by Crippen LogP contribution is -2.27. The molecule has 3 heteroatoms. The van der Waals surface area contributed by atoms with Crippen LogP contribution in [-0.4, -0.2) is 11.1 Å². The van der Waals surface area contributed by atoms with Gasteiger partial charge >= 0.3 is 0 Å². The molecule has 3 heterocycles. The van der Waals surface area contributed by atoms with E-state index < -0.39 is 0 Å². The zero-order chi connectivity index (χ0) is 10.1. The van der Waals surface area contributed by atoms with E-state index in [0.29, 0.717) is 0 Å². The Bertz CT molecular complexity index is 419. The van der Waals surface area contributed by atoms with E-state index in [2.05, 4.69) is 39.7 Å². The maximum absolute atomic E-state index is 3.39. The van der Waals surface area contributed by atoms with Gasteiger partial charge in [-0.3, -0.25) is 0 Å². The molecule has 1 aliphatic rings. The highest BCUT2D eigenvalue weighted by atomic mass is 32.1. The lowest BCUT2D eigenvalue weighted by atomic mass is 10.2. The average molecular weight is 218 g/mol. The predicted molar refractivity (Wildman–Crippen MR) is 63.3 cm³/mol. The Balaban J connectivity index is 1.84. The van der Waals surface area contributed by atoms with E-state index >= 15 is 0 Å². The first-order valence-electron chi connectivity index (χ1n) is 5.33. The van der Waals surface area contributed by atoms with Crippen molar-refractivity contribution in [2.75, 3.05) is 6.54 Å². The summed E-state index contributed by atoms with van der Waals surface area (Å²) in [5.41, 5.74) is 2.86. The molecule has 1 N–H and O–H groups in total. The second kappa shape index (κ2) is 3.83. The van der Waals surface area contributed by atoms with Gasteiger partial charge in [0.1, 0.15) is 0 Å². The molecule has 0 spiro atoms. The Morgan fingerprint density at radius 3 is 3.27 bits per heavy atom. The van der Waals surface area contributed by atoms with Crippen molar-refractivity contribution in [3.63, 3.8) is 0 Å². The van der Waals surface area contributed by atoms with Gasteiger partial charge in [0.2, 0.25) is 0 Å². The van der Waals surface area contributed by atoms with Crippen LogP contribution in [0.5, 0.6) is 0 Å². The van der Waals surface area contributed by atoms with Crippen LogP contribution in [0.3, 0.4) is 0 Å². The Morgan fingerprint density at radius 1 is 1.47 bits per heavy atom. The minimum absolute atomic E-state index is 1.02. The molecule has 3 rings (SSSR count). The summed E-state index contributed by atoms with van der Waals surface area (Å²) in [5, 5.41) is 5.54. The van der Waals surface area contributed by atoms with Crippen molar-refractivity contribution in [3.8, 4) is 0 Å². The molecular weight excluding hydrogens is 204 g/mol. The molecule has 0 unspecified atom stereocenters. The Kier molecular flexibility index (Phi) is 2.35. The van der Waals surface area contributed by atoms with E-state index in [1.54, 1.807) is 0 Å². The number of aromatic nitrogens is 1. The number of hydrogen-bond acceptors (Lipinski definition) is 2. The topological polar surface area (TPSA) is 17.0 Å². The molecule has 1 aliphatic heterocycles. The molecule has 0 aliphatic carbocycles. The van der Waals surface area contributed by atoms with E-state index in [1.807, 2.05) is 11.3 Å². The standard InChI is InChI=1S/C12H14N2S/c1-2-12(15-5-1)7-10-6-11-8-13-3-4-14(11)9-10/h1-2,5-6,9,13H,3-4,7-8H2. The van der Waals surface area contributed by atoms with E-state index in [1.165, 1.54) is 16.1 Å². The van der Waals surface area contributed by atoms with Crippen molar-refractivity contribution in [3.05, 3.63) is 45.9 Å². The summed E-state index contributed by atoms with van der Waals surface area (Å²) in [6.45, 7) is 3.23. The molecule has 2 aromatic rings. The fourth-order valence-corrected chi connectivity index (χ4v) is 2.84. The fourth-order valence-electron chi connectivity index (χ4n) is 2.10. The molecule has 0 atom stereocenters. The molecule has 0 saturated heterocycles. The van der Waals surface area contributed by atoms with Gasteiger partial charge in [0.05, 0.1) is 0 Å². The Labute approximate surface area is 93.6 Å². The third-order valence-corrected chi connectivity index (χ3v) is 3.71. The highest BCUT2D eigenvalue weighted by Gasteiger charge is 2.09. The first-order chi connectivity index (χ1) is 7.42. The summed E-state index contributed by atoms with van der Waals surface area (Å²) in [6, 6.07) is 6.66. The SMILES string of the molecule is c1csc(Cc2cc3n(c2)CCNC3)c1.